The molecule has 0 bridgehead atoms. The number of nitrogens with zero attached hydrogens (tertiary/aromatic N) is 4. The minimum Gasteiger partial charge on any atom is -0.714 e. The third-order valence-corrected chi connectivity index (χ3v) is 8.70. The summed E-state index contributed by atoms with van der Waals surface area (Å²) in [5.41, 5.74) is -0.768. The molecule has 9 N–H and O–H groups in total. The molecule has 2 rings (SSSR count). The van der Waals surface area contributed by atoms with Crippen LogP contribution in [0.1, 0.15) is 58.9 Å². The van der Waals surface area contributed by atoms with Crippen molar-refractivity contribution < 1.29 is 190 Å². The van der Waals surface area contributed by atoms with E-state index in [4.69, 9.17) is 40.9 Å². The number of halogens is 24. The summed E-state index contributed by atoms with van der Waals surface area (Å²) in [6, 6.07) is 0. The first-order valence-corrected chi connectivity index (χ1v) is 17.7. The van der Waals surface area contributed by atoms with Crippen molar-refractivity contribution in [3.8, 4) is 0 Å². The number of hydroxylamine groups is 3. The quantitative estimate of drug-likeness (QED) is 0.0617. The SMILES string of the molecule is Cn1cc(C2=[N+]([O-])C(C)(C)C(C)(C)N2O)cn1.OC(CC(O)C(F)(F)F)C(F)(F)F.OC(CC(O)C(F)(F)F)C(F)(F)F.OC(CC(O)C(F)(F)F)C(F)(F)F.OC(CC(O)C(F)(F)F)C(F)(F)F.[Cu].[Cu]. The number of amidine groups is 1. The molecule has 8 unspecified atom stereocenters. The van der Waals surface area contributed by atoms with Gasteiger partial charge in [0, 0.05) is 73.1 Å². The molecule has 1 aromatic heterocycles. The molecule has 0 fully saturated rings. The van der Waals surface area contributed by atoms with E-state index in [2.05, 4.69) is 5.10 Å². The Labute approximate surface area is 403 Å². The molecule has 2 radical (unpaired) electrons. The molecule has 2 heterocycles. The Morgan fingerprint density at radius 3 is 0.761 bits per heavy atom. The van der Waals surface area contributed by atoms with Crippen molar-refractivity contribution in [1.29, 1.82) is 0 Å². The maximum Gasteiger partial charge on any atom is 0.414 e. The summed E-state index contributed by atoms with van der Waals surface area (Å²) in [6.45, 7) is 7.29. The molecule has 0 aromatic carbocycles. The Morgan fingerprint density at radius 2 is 0.648 bits per heavy atom. The van der Waals surface area contributed by atoms with E-state index in [1.807, 2.05) is 27.7 Å². The van der Waals surface area contributed by atoms with E-state index in [1.54, 1.807) is 24.1 Å². The smallest absolute Gasteiger partial charge is 0.414 e. The number of alkyl halides is 24. The molecule has 8 atom stereocenters. The van der Waals surface area contributed by atoms with Gasteiger partial charge in [-0.05, 0) is 27.7 Å². The molecule has 71 heavy (non-hydrogen) atoms. The third-order valence-electron chi connectivity index (χ3n) is 8.70. The zero-order chi connectivity index (χ0) is 56.5. The van der Waals surface area contributed by atoms with E-state index in [0.717, 1.165) is 9.80 Å². The van der Waals surface area contributed by atoms with Gasteiger partial charge < -0.3 is 46.1 Å². The number of hydrogen-bond donors (Lipinski definition) is 9. The van der Waals surface area contributed by atoms with Crippen LogP contribution < -0.4 is 0 Å². The second-order valence-corrected chi connectivity index (χ2v) is 14.9. The zero-order valence-electron chi connectivity index (χ0n) is 35.5. The van der Waals surface area contributed by atoms with Gasteiger partial charge in [-0.3, -0.25) is 9.42 Å². The molecule has 1 aliphatic rings. The molecule has 14 nitrogen and oxygen atoms in total. The van der Waals surface area contributed by atoms with Crippen molar-refractivity contribution in [2.45, 2.75) is 163 Å². The molecular formula is C31H42Cu2F24N4O10. The number of aryl methyl sites for hydroxylation is 1. The van der Waals surface area contributed by atoms with E-state index < -0.39 is 135 Å². The van der Waals surface area contributed by atoms with Gasteiger partial charge in [0.15, 0.2) is 54.4 Å². The van der Waals surface area contributed by atoms with Gasteiger partial charge in [-0.2, -0.15) is 110 Å². The summed E-state index contributed by atoms with van der Waals surface area (Å²) < 4.78 is 278. The molecule has 40 heteroatoms. The maximum atomic E-state index is 12.3. The normalized spacial score (nSPS) is 18.9. The zero-order valence-corrected chi connectivity index (χ0v) is 37.4. The number of hydrogen-bond acceptors (Lipinski definition) is 12. The molecule has 0 amide bonds. The van der Waals surface area contributed by atoms with Crippen molar-refractivity contribution in [3.63, 3.8) is 0 Å². The van der Waals surface area contributed by atoms with Crippen LogP contribution in [0.3, 0.4) is 0 Å². The standard InChI is InChI=1S/C11H18N4O2.4C5H6F6O2.2Cu/c1-10(2)11(3,4)15(17)9(14(10)16)8-6-12-13(5)7-8;4*6-4(7,8)2(12)1-3(13)5(9,10)11;;/h6-7,16H,1-5H3;4*2-3,12-13H,1H2;;. The van der Waals surface area contributed by atoms with E-state index in [9.17, 15) is 116 Å². The van der Waals surface area contributed by atoms with Gasteiger partial charge in [0.1, 0.15) is 11.1 Å². The summed E-state index contributed by atoms with van der Waals surface area (Å²) in [5, 5.41) is 92.6. The fraction of sp³-hybridized carbons (Fsp3) is 0.871. The van der Waals surface area contributed by atoms with Crippen molar-refractivity contribution >= 4 is 5.84 Å². The molecule has 0 saturated heterocycles. The molecule has 0 saturated carbocycles. The monoisotopic (exact) mass is 1210 g/mol. The fourth-order valence-corrected chi connectivity index (χ4v) is 3.81. The van der Waals surface area contributed by atoms with Gasteiger partial charge in [-0.25, -0.2) is 5.21 Å². The Bertz CT molecular complexity index is 1480. The average molecular weight is 1210 g/mol. The summed E-state index contributed by atoms with van der Waals surface area (Å²) in [5.74, 6) is 0.244. The first-order chi connectivity index (χ1) is 29.9. The van der Waals surface area contributed by atoms with Gasteiger partial charge in [0.25, 0.3) is 0 Å². The van der Waals surface area contributed by atoms with Crippen LogP contribution in [-0.4, -0.2) is 181 Å². The second-order valence-electron chi connectivity index (χ2n) is 14.9. The first-order valence-electron chi connectivity index (χ1n) is 17.7. The number of rotatable bonds is 9. The van der Waals surface area contributed by atoms with Crippen LogP contribution in [0, 0.1) is 5.21 Å². The number of aliphatic hydroxyl groups is 8. The topological polar surface area (TPSA) is 229 Å². The first kappa shape index (κ1) is 77.4. The van der Waals surface area contributed by atoms with Crippen LogP contribution in [0.25, 0.3) is 0 Å². The molecule has 436 valence electrons. The summed E-state index contributed by atoms with van der Waals surface area (Å²) in [6.07, 6.45) is -70.4. The summed E-state index contributed by atoms with van der Waals surface area (Å²) in [7, 11) is 1.77. The van der Waals surface area contributed by atoms with E-state index in [0.29, 0.717) is 5.56 Å². The Kier molecular flexibility index (Phi) is 30.4. The Hall–Kier alpha value is -2.52. The summed E-state index contributed by atoms with van der Waals surface area (Å²) >= 11 is 0. The van der Waals surface area contributed by atoms with Crippen LogP contribution in [0.2, 0.25) is 0 Å². The van der Waals surface area contributed by atoms with E-state index in [-0.39, 0.29) is 40.0 Å². The van der Waals surface area contributed by atoms with E-state index >= 15 is 0 Å². The predicted octanol–water partition coefficient (Wildman–Crippen LogP) is 5.83. The van der Waals surface area contributed by atoms with Gasteiger partial charge >= 0.3 is 55.2 Å². The largest absolute Gasteiger partial charge is 0.714 e. The fourth-order valence-electron chi connectivity index (χ4n) is 3.81. The molecule has 0 spiro atoms. The molecule has 1 aromatic rings. The Balaban J connectivity index is -0.000000255. The van der Waals surface area contributed by atoms with E-state index in [1.165, 1.54) is 0 Å². The van der Waals surface area contributed by atoms with Gasteiger partial charge in [-0.15, -0.1) is 5.06 Å². The number of aliphatic hydroxyl groups excluding tert-OH is 8. The van der Waals surface area contributed by atoms with Gasteiger partial charge in [-0.1, -0.05) is 0 Å². The second kappa shape index (κ2) is 27.9. The third kappa shape index (κ3) is 27.0. The number of aromatic nitrogens is 2. The van der Waals surface area contributed by atoms with Crippen molar-refractivity contribution in [1.82, 2.24) is 14.8 Å². The molecule has 0 aliphatic carbocycles. The van der Waals surface area contributed by atoms with Crippen LogP contribution in [0.4, 0.5) is 105 Å². The van der Waals surface area contributed by atoms with Gasteiger partial charge in [0.05, 0.1) is 6.20 Å². The van der Waals surface area contributed by atoms with Crippen LogP contribution in [0.5, 0.6) is 0 Å². The van der Waals surface area contributed by atoms with Crippen molar-refractivity contribution in [2.24, 2.45) is 7.05 Å². The van der Waals surface area contributed by atoms with Crippen molar-refractivity contribution in [2.75, 3.05) is 0 Å². The predicted molar refractivity (Wildman–Crippen MR) is 178 cm³/mol. The van der Waals surface area contributed by atoms with Crippen LogP contribution in [0.15, 0.2) is 12.4 Å². The average Bonchev–Trinajstić information content (AvgIpc) is 3.58. The molecule has 1 aliphatic heterocycles. The van der Waals surface area contributed by atoms with Crippen LogP contribution in [-0.2, 0) is 41.2 Å². The Morgan fingerprint density at radius 1 is 0.465 bits per heavy atom. The van der Waals surface area contributed by atoms with Gasteiger partial charge in [0.2, 0.25) is 0 Å². The van der Waals surface area contributed by atoms with Crippen molar-refractivity contribution in [3.05, 3.63) is 23.2 Å². The maximum absolute atomic E-state index is 12.3. The summed E-state index contributed by atoms with van der Waals surface area (Å²) in [4.78, 5) is 0. The minimum atomic E-state index is -5.15. The van der Waals surface area contributed by atoms with Crippen LogP contribution >= 0.6 is 0 Å². The minimum absolute atomic E-state index is 0. The molecular weight excluding hydrogens is 1170 g/mol.